The Kier molecular flexibility index (Phi) is 15.2. The normalized spacial score (nSPS) is 11.5. The minimum atomic E-state index is 0.198. The van der Waals surface area contributed by atoms with Crippen LogP contribution in [0.15, 0.2) is 268 Å². The third-order valence-electron chi connectivity index (χ3n) is 16.7. The molecular formula is C83H74N2. The molecule has 0 radical (unpaired) electrons. The Balaban J connectivity index is 0.921. The summed E-state index contributed by atoms with van der Waals surface area (Å²) in [7, 11) is 0. The lowest BCUT2D eigenvalue weighted by Crippen LogP contribution is -2.13. The number of hydrogen-bond acceptors (Lipinski definition) is 2. The number of aryl methyl sites for hydroxylation is 4. The second-order valence-corrected chi connectivity index (χ2v) is 24.7. The summed E-state index contributed by atoms with van der Waals surface area (Å²) in [5, 5.41) is 7.15. The van der Waals surface area contributed by atoms with Crippen LogP contribution in [0.2, 0.25) is 0 Å². The predicted octanol–water partition coefficient (Wildman–Crippen LogP) is 24.4. The molecule has 12 aromatic carbocycles. The highest BCUT2D eigenvalue weighted by Crippen LogP contribution is 2.49. The highest BCUT2D eigenvalue weighted by Gasteiger charge is 2.24. The molecular weight excluding hydrogens is 1020 g/mol. The number of allylic oxidation sites excluding steroid dienone is 3. The number of nitrogens with zero attached hydrogens (tertiary/aromatic N) is 2. The molecule has 85 heavy (non-hydrogen) atoms. The van der Waals surface area contributed by atoms with Gasteiger partial charge in [0.2, 0.25) is 0 Å². The Morgan fingerprint density at radius 2 is 0.635 bits per heavy atom. The van der Waals surface area contributed by atoms with Crippen LogP contribution in [0.25, 0.3) is 88.0 Å². The third kappa shape index (κ3) is 11.5. The van der Waals surface area contributed by atoms with E-state index in [2.05, 4.69) is 328 Å². The molecule has 0 unspecified atom stereocenters. The van der Waals surface area contributed by atoms with Gasteiger partial charge in [-0.2, -0.15) is 0 Å². The largest absolute Gasteiger partial charge is 0.310 e. The number of anilines is 6. The third-order valence-corrected chi connectivity index (χ3v) is 16.7. The van der Waals surface area contributed by atoms with Gasteiger partial charge in [0, 0.05) is 33.5 Å². The highest BCUT2D eigenvalue weighted by atomic mass is 15.2. The molecule has 0 aliphatic heterocycles. The van der Waals surface area contributed by atoms with Crippen molar-refractivity contribution in [1.29, 1.82) is 0 Å². The molecule has 0 amide bonds. The molecule has 0 saturated carbocycles. The molecule has 0 aromatic heterocycles. The van der Waals surface area contributed by atoms with E-state index in [4.69, 9.17) is 0 Å². The highest BCUT2D eigenvalue weighted by molar-refractivity contribution is 6.24. The van der Waals surface area contributed by atoms with Crippen LogP contribution in [0, 0.1) is 33.1 Å². The maximum absolute atomic E-state index is 4.40. The molecule has 2 heteroatoms. The van der Waals surface area contributed by atoms with Crippen LogP contribution in [0.4, 0.5) is 34.1 Å². The zero-order valence-electron chi connectivity index (χ0n) is 50.5. The molecule has 12 rings (SSSR count). The van der Waals surface area contributed by atoms with Crippen molar-refractivity contribution < 1.29 is 0 Å². The van der Waals surface area contributed by atoms with E-state index in [0.717, 1.165) is 69.2 Å². The molecule has 0 fully saturated rings. The number of benzene rings is 12. The van der Waals surface area contributed by atoms with Crippen LogP contribution < -0.4 is 9.80 Å². The van der Waals surface area contributed by atoms with Crippen molar-refractivity contribution >= 4 is 77.6 Å². The summed E-state index contributed by atoms with van der Waals surface area (Å²) in [5.74, 6) is 0. The van der Waals surface area contributed by atoms with Gasteiger partial charge in [0.1, 0.15) is 0 Å². The van der Waals surface area contributed by atoms with E-state index < -0.39 is 0 Å². The first-order valence-corrected chi connectivity index (χ1v) is 29.8. The molecule has 0 heterocycles. The summed E-state index contributed by atoms with van der Waals surface area (Å²) in [6.45, 7) is 30.4. The van der Waals surface area contributed by atoms with Crippen molar-refractivity contribution in [3.63, 3.8) is 0 Å². The molecule has 2 nitrogen and oxygen atoms in total. The fraction of sp³-hybridized carbons (Fsp3) is 0.133. The number of fused-ring (bicyclic) bond motifs is 5. The zero-order valence-corrected chi connectivity index (χ0v) is 50.5. The van der Waals surface area contributed by atoms with Gasteiger partial charge in [-0.05, 0) is 201 Å². The number of rotatable bonds is 15. The topological polar surface area (TPSA) is 6.48 Å². The molecule has 416 valence electrons. The molecule has 0 aliphatic carbocycles. The average Bonchev–Trinajstić information content (AvgIpc) is 1.31. The van der Waals surface area contributed by atoms with Gasteiger partial charge in [-0.1, -0.05) is 251 Å². The second kappa shape index (κ2) is 23.1. The maximum atomic E-state index is 4.40. The maximum Gasteiger partial charge on any atom is 0.0546 e. The van der Waals surface area contributed by atoms with Crippen molar-refractivity contribution in [1.82, 2.24) is 0 Å². The van der Waals surface area contributed by atoms with Crippen LogP contribution >= 0.6 is 0 Å². The van der Waals surface area contributed by atoms with Gasteiger partial charge in [-0.25, -0.2) is 0 Å². The summed E-state index contributed by atoms with van der Waals surface area (Å²) >= 11 is 0. The molecule has 0 saturated heterocycles. The van der Waals surface area contributed by atoms with Gasteiger partial charge in [-0.3, -0.25) is 0 Å². The summed E-state index contributed by atoms with van der Waals surface area (Å²) in [6, 6.07) is 90.2. The van der Waals surface area contributed by atoms with Crippen molar-refractivity contribution in [3.05, 3.63) is 301 Å². The van der Waals surface area contributed by atoms with Gasteiger partial charge in [0.15, 0.2) is 0 Å². The fourth-order valence-electron chi connectivity index (χ4n) is 12.5. The standard InChI is InChI=1S/C83H74N2/c1-54(2)48-57(5)61-22-26-63(27-23-61)65-30-34-67(35-31-65)69-38-42-71(43-39-69)84(79-46-20-55(3)49-58(79)6)81-51-77-74-17-13-15-19-76(74)82(52-78(77)73-16-12-14-18-75(73)81)85(80-47-21-56(4)50-59(80)7)72-44-40-70(41-45-72)68-36-32-66(33-37-68)64-28-24-62(25-29-64)60(8)53-83(9,10)11/h12-47,49-52H,1,5,8,48,53H2,2-4,6-7,9-11H3. The lowest BCUT2D eigenvalue weighted by molar-refractivity contribution is 0.427. The van der Waals surface area contributed by atoms with E-state index in [1.165, 1.54) is 105 Å². The summed E-state index contributed by atoms with van der Waals surface area (Å²) in [6.07, 6.45) is 1.78. The van der Waals surface area contributed by atoms with Crippen molar-refractivity contribution in [2.45, 2.75) is 68.2 Å². The second-order valence-electron chi connectivity index (χ2n) is 24.7. The minimum Gasteiger partial charge on any atom is -0.310 e. The molecule has 0 atom stereocenters. The Hall–Kier alpha value is -9.76. The Labute approximate surface area is 504 Å². The Bertz CT molecular complexity index is 4490. The minimum absolute atomic E-state index is 0.198. The van der Waals surface area contributed by atoms with Crippen LogP contribution in [-0.2, 0) is 0 Å². The van der Waals surface area contributed by atoms with Gasteiger partial charge >= 0.3 is 0 Å². The van der Waals surface area contributed by atoms with Gasteiger partial charge in [-0.15, -0.1) is 0 Å². The van der Waals surface area contributed by atoms with E-state index in [-0.39, 0.29) is 5.41 Å². The van der Waals surface area contributed by atoms with Crippen molar-refractivity contribution in [2.75, 3.05) is 9.80 Å². The summed E-state index contributed by atoms with van der Waals surface area (Å²) in [4.78, 5) is 4.95. The molecule has 0 aliphatic rings. The average molecular weight is 1100 g/mol. The van der Waals surface area contributed by atoms with Crippen LogP contribution in [0.3, 0.4) is 0 Å². The van der Waals surface area contributed by atoms with Crippen LogP contribution in [0.1, 0.15) is 73.9 Å². The molecule has 0 spiro atoms. The van der Waals surface area contributed by atoms with E-state index in [1.54, 1.807) is 0 Å². The monoisotopic (exact) mass is 1100 g/mol. The van der Waals surface area contributed by atoms with E-state index >= 15 is 0 Å². The fourth-order valence-corrected chi connectivity index (χ4v) is 12.5. The lowest BCUT2D eigenvalue weighted by Gasteiger charge is -2.31. The van der Waals surface area contributed by atoms with Crippen molar-refractivity contribution in [2.24, 2.45) is 5.41 Å². The zero-order chi connectivity index (χ0) is 59.1. The Morgan fingerprint density at radius 3 is 0.953 bits per heavy atom. The quantitative estimate of drug-likeness (QED) is 0.0746. The summed E-state index contributed by atoms with van der Waals surface area (Å²) < 4.78 is 0. The Morgan fingerprint density at radius 1 is 0.329 bits per heavy atom. The first kappa shape index (κ1) is 55.8. The first-order valence-electron chi connectivity index (χ1n) is 29.8. The number of hydrogen-bond donors (Lipinski definition) is 0. The van der Waals surface area contributed by atoms with Crippen molar-refractivity contribution in [3.8, 4) is 44.5 Å². The van der Waals surface area contributed by atoms with E-state index in [1.807, 2.05) is 0 Å². The lowest BCUT2D eigenvalue weighted by atomic mass is 9.86. The molecule has 0 bridgehead atoms. The molecule has 12 aromatic rings. The smallest absolute Gasteiger partial charge is 0.0546 e. The SMILES string of the molecule is C=C(C)CC(=C)c1ccc(-c2ccc(-c3ccc(N(c4ccc(C)cc4C)c4cc5c6ccccc6c(N(c6ccc(-c7ccc(-c8ccc(C(=C)CC(C)(C)C)cc8)cc7)cc6)c6ccc(C)cc6C)cc5c5ccccc45)cc3)cc2)cc1. The van der Waals surface area contributed by atoms with E-state index in [0.29, 0.717) is 0 Å². The van der Waals surface area contributed by atoms with E-state index in [9.17, 15) is 0 Å². The van der Waals surface area contributed by atoms with Crippen LogP contribution in [0.5, 0.6) is 0 Å². The predicted molar refractivity (Wildman–Crippen MR) is 371 cm³/mol. The summed E-state index contributed by atoms with van der Waals surface area (Å²) in [5.41, 5.74) is 27.0. The molecule has 0 N–H and O–H groups in total. The van der Waals surface area contributed by atoms with Gasteiger partial charge in [0.05, 0.1) is 11.4 Å². The first-order chi connectivity index (χ1) is 41.0. The van der Waals surface area contributed by atoms with Crippen LogP contribution in [-0.4, -0.2) is 0 Å². The van der Waals surface area contributed by atoms with Gasteiger partial charge < -0.3 is 9.80 Å². The van der Waals surface area contributed by atoms with Gasteiger partial charge in [0.25, 0.3) is 0 Å².